The molecule has 0 aliphatic heterocycles. The van der Waals surface area contributed by atoms with E-state index in [1.54, 1.807) is 0 Å². The van der Waals surface area contributed by atoms with Crippen molar-refractivity contribution in [3.05, 3.63) is 0 Å². The van der Waals surface area contributed by atoms with Crippen LogP contribution in [0.4, 0.5) is 8.78 Å². The van der Waals surface area contributed by atoms with Gasteiger partial charge in [-0.25, -0.2) is 14.3 Å². The number of carbonyl (C=O) groups excluding carboxylic acids is 1. The van der Waals surface area contributed by atoms with Gasteiger partial charge in [0.15, 0.2) is 0 Å². The van der Waals surface area contributed by atoms with Crippen LogP contribution in [0, 0.1) is 5.41 Å². The molecule has 1 saturated carbocycles. The normalized spacial score (nSPS) is 35.2. The van der Waals surface area contributed by atoms with Crippen LogP contribution < -0.4 is 5.48 Å². The van der Waals surface area contributed by atoms with E-state index in [-0.39, 0.29) is 0 Å². The smallest absolute Gasteiger partial charge is 0.263 e. The van der Waals surface area contributed by atoms with Crippen LogP contribution >= 0.6 is 0 Å². The van der Waals surface area contributed by atoms with E-state index < -0.39 is 23.7 Å². The number of carbonyl (C=O) groups is 1. The number of hydrogen-bond donors (Lipinski definition) is 2. The Bertz CT molecular complexity index is 182. The second-order valence-corrected chi connectivity index (χ2v) is 2.65. The average Bonchev–Trinajstić information content (AvgIpc) is 2.32. The zero-order chi connectivity index (χ0) is 7.99. The number of amides is 1. The Morgan fingerprint density at radius 2 is 2.10 bits per heavy atom. The molecule has 0 bridgehead atoms. The lowest BCUT2D eigenvalue weighted by Gasteiger charge is -2.05. The van der Waals surface area contributed by atoms with Gasteiger partial charge in [0.1, 0.15) is 5.41 Å². The molecule has 2 N–H and O–H groups in total. The third-order valence-electron chi connectivity index (χ3n) is 1.86. The van der Waals surface area contributed by atoms with E-state index in [0.29, 0.717) is 0 Å². The highest BCUT2D eigenvalue weighted by atomic mass is 19.3. The lowest BCUT2D eigenvalue weighted by atomic mass is 10.1. The summed E-state index contributed by atoms with van der Waals surface area (Å²) in [5.41, 5.74) is -0.475. The Morgan fingerprint density at radius 3 is 2.20 bits per heavy atom. The number of nitrogens with one attached hydrogen (secondary N) is 1. The Hall–Kier alpha value is -0.710. The van der Waals surface area contributed by atoms with Crippen LogP contribution in [0.25, 0.3) is 0 Å². The van der Waals surface area contributed by atoms with Crippen LogP contribution in [0.15, 0.2) is 0 Å². The largest absolute Gasteiger partial charge is 0.289 e. The second kappa shape index (κ2) is 1.66. The quantitative estimate of drug-likeness (QED) is 0.424. The molecule has 1 unspecified atom stereocenters. The summed E-state index contributed by atoms with van der Waals surface area (Å²) in [5.74, 6) is -3.96. The highest BCUT2D eigenvalue weighted by molar-refractivity contribution is 5.85. The first-order valence-corrected chi connectivity index (χ1v) is 2.76. The molecule has 1 aliphatic carbocycles. The van der Waals surface area contributed by atoms with Gasteiger partial charge in [-0.05, 0) is 6.92 Å². The summed E-state index contributed by atoms with van der Waals surface area (Å²) >= 11 is 0. The maximum Gasteiger partial charge on any atom is 0.263 e. The van der Waals surface area contributed by atoms with E-state index in [2.05, 4.69) is 0 Å². The summed E-state index contributed by atoms with van der Waals surface area (Å²) < 4.78 is 24.5. The number of halogens is 2. The van der Waals surface area contributed by atoms with E-state index in [4.69, 9.17) is 5.21 Å². The molecule has 1 fully saturated rings. The fourth-order valence-corrected chi connectivity index (χ4v) is 0.770. The summed E-state index contributed by atoms with van der Waals surface area (Å²) in [6, 6.07) is 0. The highest BCUT2D eigenvalue weighted by Gasteiger charge is 2.72. The van der Waals surface area contributed by atoms with E-state index in [1.807, 2.05) is 0 Å². The minimum absolute atomic E-state index is 0.480. The molecule has 0 spiro atoms. The molecular weight excluding hydrogens is 144 g/mol. The Balaban J connectivity index is 2.68. The molecule has 10 heavy (non-hydrogen) atoms. The molecule has 0 saturated heterocycles. The first-order chi connectivity index (χ1) is 4.44. The van der Waals surface area contributed by atoms with Crippen molar-refractivity contribution in [2.24, 2.45) is 5.41 Å². The first-order valence-electron chi connectivity index (χ1n) is 2.76. The van der Waals surface area contributed by atoms with Gasteiger partial charge in [0.05, 0.1) is 0 Å². The van der Waals surface area contributed by atoms with Crippen molar-refractivity contribution in [2.45, 2.75) is 19.3 Å². The maximum atomic E-state index is 12.2. The minimum Gasteiger partial charge on any atom is -0.289 e. The lowest BCUT2D eigenvalue weighted by Crippen LogP contribution is -2.31. The molecule has 3 nitrogen and oxygen atoms in total. The SMILES string of the molecule is CC1(C(=O)NO)CC1(F)F. The summed E-state index contributed by atoms with van der Waals surface area (Å²) in [6.07, 6.45) is -0.480. The summed E-state index contributed by atoms with van der Waals surface area (Å²) in [4.78, 5) is 10.5. The molecule has 1 rings (SSSR count). The van der Waals surface area contributed by atoms with Gasteiger partial charge in [-0.2, -0.15) is 0 Å². The van der Waals surface area contributed by atoms with Crippen molar-refractivity contribution < 1.29 is 18.8 Å². The van der Waals surface area contributed by atoms with E-state index >= 15 is 0 Å². The van der Waals surface area contributed by atoms with Gasteiger partial charge in [0.2, 0.25) is 0 Å². The van der Waals surface area contributed by atoms with Gasteiger partial charge in [-0.15, -0.1) is 0 Å². The fraction of sp³-hybridized carbons (Fsp3) is 0.800. The predicted molar refractivity (Wildman–Crippen MR) is 27.6 cm³/mol. The number of rotatable bonds is 1. The lowest BCUT2D eigenvalue weighted by molar-refractivity contribution is -0.137. The van der Waals surface area contributed by atoms with E-state index in [1.165, 1.54) is 5.48 Å². The third kappa shape index (κ3) is 0.701. The maximum absolute atomic E-state index is 12.2. The predicted octanol–water partition coefficient (Wildman–Crippen LogP) is 0.537. The number of hydroxylamine groups is 1. The van der Waals surface area contributed by atoms with Gasteiger partial charge in [0.25, 0.3) is 11.8 Å². The van der Waals surface area contributed by atoms with E-state index in [9.17, 15) is 13.6 Å². The van der Waals surface area contributed by atoms with Crippen molar-refractivity contribution >= 4 is 5.91 Å². The summed E-state index contributed by atoms with van der Waals surface area (Å²) in [7, 11) is 0. The van der Waals surface area contributed by atoms with Gasteiger partial charge < -0.3 is 0 Å². The van der Waals surface area contributed by atoms with Gasteiger partial charge in [-0.1, -0.05) is 0 Å². The van der Waals surface area contributed by atoms with Crippen LogP contribution in [-0.2, 0) is 4.79 Å². The van der Waals surface area contributed by atoms with Crippen LogP contribution in [0.5, 0.6) is 0 Å². The standard InChI is InChI=1S/C5H7F2NO2/c1-4(3(9)8-10)2-5(4,6)7/h10H,2H2,1H3,(H,8,9). The molecule has 1 amide bonds. The van der Waals surface area contributed by atoms with Gasteiger partial charge in [0, 0.05) is 6.42 Å². The molecular formula is C5H7F2NO2. The zero-order valence-corrected chi connectivity index (χ0v) is 5.32. The zero-order valence-electron chi connectivity index (χ0n) is 5.32. The Morgan fingerprint density at radius 1 is 1.70 bits per heavy atom. The average molecular weight is 151 g/mol. The molecule has 5 heteroatoms. The van der Waals surface area contributed by atoms with Crippen LogP contribution in [0.3, 0.4) is 0 Å². The Labute approximate surface area is 56.0 Å². The van der Waals surface area contributed by atoms with Gasteiger partial charge in [-0.3, -0.25) is 10.0 Å². The topological polar surface area (TPSA) is 49.3 Å². The van der Waals surface area contributed by atoms with Crippen molar-refractivity contribution in [2.75, 3.05) is 0 Å². The highest BCUT2D eigenvalue weighted by Crippen LogP contribution is 2.60. The van der Waals surface area contributed by atoms with Crippen LogP contribution in [-0.4, -0.2) is 17.0 Å². The minimum atomic E-state index is -2.94. The number of alkyl halides is 2. The van der Waals surface area contributed by atoms with Crippen molar-refractivity contribution in [1.82, 2.24) is 5.48 Å². The molecule has 0 aromatic heterocycles. The second-order valence-electron chi connectivity index (χ2n) is 2.65. The van der Waals surface area contributed by atoms with Crippen LogP contribution in [0.1, 0.15) is 13.3 Å². The molecule has 58 valence electrons. The molecule has 0 aromatic carbocycles. The van der Waals surface area contributed by atoms with Crippen molar-refractivity contribution in [1.29, 1.82) is 0 Å². The van der Waals surface area contributed by atoms with Gasteiger partial charge >= 0.3 is 0 Å². The number of hydrogen-bond acceptors (Lipinski definition) is 2. The summed E-state index contributed by atoms with van der Waals surface area (Å²) in [5, 5.41) is 8.01. The molecule has 0 heterocycles. The van der Waals surface area contributed by atoms with Crippen LogP contribution in [0.2, 0.25) is 0 Å². The molecule has 0 radical (unpaired) electrons. The molecule has 1 aliphatic rings. The third-order valence-corrected chi connectivity index (χ3v) is 1.86. The van der Waals surface area contributed by atoms with E-state index in [0.717, 1.165) is 6.92 Å². The monoisotopic (exact) mass is 151 g/mol. The summed E-state index contributed by atoms with van der Waals surface area (Å²) in [6.45, 7) is 1.11. The Kier molecular flexibility index (Phi) is 1.23. The van der Waals surface area contributed by atoms with Crippen molar-refractivity contribution in [3.63, 3.8) is 0 Å². The molecule has 1 atom stereocenters. The fourth-order valence-electron chi connectivity index (χ4n) is 0.770. The molecule has 0 aromatic rings. The van der Waals surface area contributed by atoms with Crippen molar-refractivity contribution in [3.8, 4) is 0 Å². The first kappa shape index (κ1) is 7.40.